The molecule has 0 fully saturated rings. The summed E-state index contributed by atoms with van der Waals surface area (Å²) in [6.45, 7) is 1.92. The molecule has 0 amide bonds. The first-order valence-electron chi connectivity index (χ1n) is 9.20. The van der Waals surface area contributed by atoms with Crippen molar-refractivity contribution in [1.29, 1.82) is 0 Å². The first-order valence-corrected chi connectivity index (χ1v) is 10.7. The van der Waals surface area contributed by atoms with Gasteiger partial charge in [0.05, 0.1) is 12.0 Å². The van der Waals surface area contributed by atoms with Crippen LogP contribution in [0.15, 0.2) is 41.3 Å². The first kappa shape index (κ1) is 18.7. The molecule has 0 saturated heterocycles. The highest BCUT2D eigenvalue weighted by Gasteiger charge is 2.25. The fraction of sp³-hybridized carbons (Fsp3) is 0.286. The number of carbonyl (C=O) groups is 1. The third-order valence-corrected chi connectivity index (χ3v) is 6.71. The lowest BCUT2D eigenvalue weighted by Gasteiger charge is -2.11. The molecule has 146 valence electrons. The van der Waals surface area contributed by atoms with Crippen LogP contribution >= 0.6 is 0 Å². The molecule has 0 atom stereocenters. The van der Waals surface area contributed by atoms with Gasteiger partial charge in [-0.25, -0.2) is 13.1 Å². The highest BCUT2D eigenvalue weighted by Crippen LogP contribution is 2.32. The Balaban J connectivity index is 1.67. The summed E-state index contributed by atoms with van der Waals surface area (Å²) in [4.78, 5) is 15.8. The summed E-state index contributed by atoms with van der Waals surface area (Å²) in [6.07, 6.45) is 2.18. The number of aromatic amines is 1. The van der Waals surface area contributed by atoms with Crippen molar-refractivity contribution in [2.75, 3.05) is 7.11 Å². The number of carbonyl (C=O) groups excluding carboxylic acids is 1. The summed E-state index contributed by atoms with van der Waals surface area (Å²) in [5, 5.41) is 0.809. The molecule has 1 aliphatic carbocycles. The van der Waals surface area contributed by atoms with E-state index in [1.54, 1.807) is 32.2 Å². The number of hydrogen-bond acceptors (Lipinski definition) is 4. The summed E-state index contributed by atoms with van der Waals surface area (Å²) in [5.74, 6) is 0.801. The van der Waals surface area contributed by atoms with E-state index in [-0.39, 0.29) is 17.2 Å². The number of ether oxygens (including phenoxy) is 1. The third-order valence-electron chi connectivity index (χ3n) is 5.17. The van der Waals surface area contributed by atoms with Crippen LogP contribution in [0.5, 0.6) is 5.75 Å². The molecule has 1 aromatic heterocycles. The lowest BCUT2D eigenvalue weighted by molar-refractivity contribution is 0.0974. The van der Waals surface area contributed by atoms with Crippen LogP contribution in [-0.2, 0) is 23.0 Å². The minimum absolute atomic E-state index is 0.124. The van der Waals surface area contributed by atoms with Crippen molar-refractivity contribution in [3.8, 4) is 5.75 Å². The zero-order chi connectivity index (χ0) is 19.9. The molecule has 0 unspecified atom stereocenters. The molecule has 7 heteroatoms. The Hall–Kier alpha value is -2.64. The van der Waals surface area contributed by atoms with Gasteiger partial charge in [0, 0.05) is 35.1 Å². The molecule has 2 aromatic carbocycles. The SMILES string of the molecule is COc1cccc(CNS(=O)(=O)c2cc3[nH]c4c(c3cc2C)C(=O)CCC4)c1. The zero-order valence-electron chi connectivity index (χ0n) is 15.8. The number of fused-ring (bicyclic) bond motifs is 3. The van der Waals surface area contributed by atoms with E-state index in [1.165, 1.54) is 0 Å². The number of H-pyrrole nitrogens is 1. The van der Waals surface area contributed by atoms with Gasteiger partial charge in [-0.3, -0.25) is 4.79 Å². The van der Waals surface area contributed by atoms with Crippen LogP contribution < -0.4 is 9.46 Å². The topological polar surface area (TPSA) is 88.3 Å². The highest BCUT2D eigenvalue weighted by molar-refractivity contribution is 7.89. The smallest absolute Gasteiger partial charge is 0.241 e. The second-order valence-corrected chi connectivity index (χ2v) is 8.83. The molecule has 0 aliphatic heterocycles. The molecule has 0 bridgehead atoms. The van der Waals surface area contributed by atoms with Crippen LogP contribution in [0.25, 0.3) is 10.9 Å². The third kappa shape index (κ3) is 3.31. The fourth-order valence-electron chi connectivity index (χ4n) is 3.77. The van der Waals surface area contributed by atoms with Gasteiger partial charge in [-0.15, -0.1) is 0 Å². The van der Waals surface area contributed by atoms with Gasteiger partial charge in [0.2, 0.25) is 10.0 Å². The van der Waals surface area contributed by atoms with Crippen LogP contribution in [0, 0.1) is 6.92 Å². The molecule has 3 aromatic rings. The Morgan fingerprint density at radius 1 is 1.18 bits per heavy atom. The summed E-state index contributed by atoms with van der Waals surface area (Å²) < 4.78 is 33.7. The Labute approximate surface area is 164 Å². The van der Waals surface area contributed by atoms with E-state index in [0.29, 0.717) is 23.3 Å². The van der Waals surface area contributed by atoms with Crippen LogP contribution in [0.4, 0.5) is 0 Å². The minimum atomic E-state index is -3.71. The number of sulfonamides is 1. The standard InChI is InChI=1S/C21H22N2O4S/c1-13-9-16-18(23-17-7-4-8-19(24)21(16)17)11-20(13)28(25,26)22-12-14-5-3-6-15(10-14)27-2/h3,5-6,9-11,22-23H,4,7-8,12H2,1-2H3. The Morgan fingerprint density at radius 2 is 2.00 bits per heavy atom. The highest BCUT2D eigenvalue weighted by atomic mass is 32.2. The second-order valence-electron chi connectivity index (χ2n) is 7.09. The van der Waals surface area contributed by atoms with E-state index in [4.69, 9.17) is 4.74 Å². The quantitative estimate of drug-likeness (QED) is 0.689. The van der Waals surface area contributed by atoms with Gasteiger partial charge in [0.25, 0.3) is 0 Å². The van der Waals surface area contributed by atoms with Gasteiger partial charge >= 0.3 is 0 Å². The number of aromatic nitrogens is 1. The van der Waals surface area contributed by atoms with E-state index in [1.807, 2.05) is 18.2 Å². The predicted octanol–water partition coefficient (Wildman–Crippen LogP) is 3.48. The molecule has 2 N–H and O–H groups in total. The molecular formula is C21H22N2O4S. The molecular weight excluding hydrogens is 376 g/mol. The number of benzene rings is 2. The van der Waals surface area contributed by atoms with Crippen LogP contribution in [0.3, 0.4) is 0 Å². The number of aryl methyl sites for hydroxylation is 2. The Kier molecular flexibility index (Phi) is 4.72. The van der Waals surface area contributed by atoms with Crippen molar-refractivity contribution in [3.05, 3.63) is 58.8 Å². The van der Waals surface area contributed by atoms with Gasteiger partial charge < -0.3 is 9.72 Å². The lowest BCUT2D eigenvalue weighted by Crippen LogP contribution is -2.24. The molecule has 0 radical (unpaired) electrons. The number of Topliss-reactive ketones (excluding diaryl/α,β-unsaturated/α-hetero) is 1. The largest absolute Gasteiger partial charge is 0.497 e. The number of ketones is 1. The number of hydrogen-bond donors (Lipinski definition) is 2. The molecule has 1 aliphatic rings. The second kappa shape index (κ2) is 7.07. The van der Waals surface area contributed by atoms with Crippen molar-refractivity contribution in [2.24, 2.45) is 0 Å². The van der Waals surface area contributed by atoms with E-state index in [2.05, 4.69) is 9.71 Å². The number of rotatable bonds is 5. The molecule has 4 rings (SSSR count). The summed E-state index contributed by atoms with van der Waals surface area (Å²) in [6, 6.07) is 10.7. The van der Waals surface area contributed by atoms with E-state index < -0.39 is 10.0 Å². The van der Waals surface area contributed by atoms with Crippen molar-refractivity contribution < 1.29 is 17.9 Å². The van der Waals surface area contributed by atoms with Gasteiger partial charge in [-0.05, 0) is 55.2 Å². The van der Waals surface area contributed by atoms with Crippen molar-refractivity contribution >= 4 is 26.7 Å². The van der Waals surface area contributed by atoms with Gasteiger partial charge in [-0.2, -0.15) is 0 Å². The maximum atomic E-state index is 12.9. The molecule has 1 heterocycles. The maximum Gasteiger partial charge on any atom is 0.241 e. The number of methoxy groups -OCH3 is 1. The van der Waals surface area contributed by atoms with E-state index in [0.717, 1.165) is 35.0 Å². The van der Waals surface area contributed by atoms with Gasteiger partial charge in [0.1, 0.15) is 5.75 Å². The Bertz CT molecular complexity index is 1180. The fourth-order valence-corrected chi connectivity index (χ4v) is 5.04. The van der Waals surface area contributed by atoms with Crippen LogP contribution in [-0.4, -0.2) is 26.3 Å². The monoisotopic (exact) mass is 398 g/mol. The first-order chi connectivity index (χ1) is 13.4. The van der Waals surface area contributed by atoms with Crippen molar-refractivity contribution in [3.63, 3.8) is 0 Å². The summed E-state index contributed by atoms with van der Waals surface area (Å²) >= 11 is 0. The number of nitrogens with one attached hydrogen (secondary N) is 2. The average Bonchev–Trinajstić information content (AvgIpc) is 3.04. The molecule has 28 heavy (non-hydrogen) atoms. The predicted molar refractivity (Wildman–Crippen MR) is 107 cm³/mol. The maximum absolute atomic E-state index is 12.9. The average molecular weight is 398 g/mol. The normalized spacial score (nSPS) is 14.3. The molecule has 0 saturated carbocycles. The van der Waals surface area contributed by atoms with E-state index >= 15 is 0 Å². The molecule has 6 nitrogen and oxygen atoms in total. The summed E-state index contributed by atoms with van der Waals surface area (Å²) in [7, 11) is -2.14. The molecule has 0 spiro atoms. The van der Waals surface area contributed by atoms with Crippen molar-refractivity contribution in [2.45, 2.75) is 37.6 Å². The van der Waals surface area contributed by atoms with Gasteiger partial charge in [0.15, 0.2) is 5.78 Å². The van der Waals surface area contributed by atoms with E-state index in [9.17, 15) is 13.2 Å². The van der Waals surface area contributed by atoms with Crippen molar-refractivity contribution in [1.82, 2.24) is 9.71 Å². The lowest BCUT2D eigenvalue weighted by atomic mass is 9.94. The Morgan fingerprint density at radius 3 is 2.79 bits per heavy atom. The summed E-state index contributed by atoms with van der Waals surface area (Å²) in [5.41, 5.74) is 3.74. The van der Waals surface area contributed by atoms with Crippen LogP contribution in [0.1, 0.15) is 40.0 Å². The minimum Gasteiger partial charge on any atom is -0.497 e. The zero-order valence-corrected chi connectivity index (χ0v) is 16.7. The van der Waals surface area contributed by atoms with Crippen LogP contribution in [0.2, 0.25) is 0 Å². The van der Waals surface area contributed by atoms with Gasteiger partial charge in [-0.1, -0.05) is 12.1 Å².